The number of hydrogen-bond donors (Lipinski definition) is 0. The third-order valence-electron chi connectivity index (χ3n) is 5.11. The standard InChI is InChI=1S/C19H18F3N7O3S/c20-19(21,22)14-3-4-15(25-8-14)29(33(31)32)18(30)13-2-1-7-27(10-13)17-11-28(12-26-17)16-9-23-5-6-24-16/h3-6,8-9,11-13H,1-2,7,10H2,(H,31,32)/p-1/t13-/m1/s1. The molecule has 3 aromatic rings. The Morgan fingerprint density at radius 1 is 1.15 bits per heavy atom. The molecule has 0 aromatic carbocycles. The summed E-state index contributed by atoms with van der Waals surface area (Å²) in [5.74, 6) is -0.760. The lowest BCUT2D eigenvalue weighted by Gasteiger charge is -2.35. The number of carbonyl (C=O) groups is 1. The van der Waals surface area contributed by atoms with Crippen LogP contribution in [0.4, 0.5) is 24.8 Å². The van der Waals surface area contributed by atoms with Gasteiger partial charge in [-0.3, -0.25) is 18.6 Å². The van der Waals surface area contributed by atoms with Crippen LogP contribution in [-0.2, 0) is 22.2 Å². The van der Waals surface area contributed by atoms with Crippen LogP contribution in [0.2, 0.25) is 0 Å². The fourth-order valence-electron chi connectivity index (χ4n) is 3.51. The molecule has 0 aliphatic carbocycles. The van der Waals surface area contributed by atoms with Crippen molar-refractivity contribution >= 4 is 28.8 Å². The number of nitrogens with zero attached hydrogens (tertiary/aromatic N) is 7. The van der Waals surface area contributed by atoms with E-state index in [0.717, 1.165) is 6.07 Å². The van der Waals surface area contributed by atoms with Gasteiger partial charge in [0.15, 0.2) is 5.82 Å². The van der Waals surface area contributed by atoms with Crippen molar-refractivity contribution in [3.8, 4) is 5.82 Å². The van der Waals surface area contributed by atoms with Crippen molar-refractivity contribution in [3.63, 3.8) is 0 Å². The SMILES string of the molecule is O=C([C@@H]1CCCN(c2cn(-c3cnccn3)cn2)C1)N(c1ccc(C(F)(F)F)cn1)S(=O)[O-]. The van der Waals surface area contributed by atoms with Crippen LogP contribution in [0.25, 0.3) is 5.82 Å². The second-order valence-electron chi connectivity index (χ2n) is 7.24. The van der Waals surface area contributed by atoms with Gasteiger partial charge in [0.2, 0.25) is 5.91 Å². The quantitative estimate of drug-likeness (QED) is 0.510. The Morgan fingerprint density at radius 3 is 2.61 bits per heavy atom. The van der Waals surface area contributed by atoms with Crippen LogP contribution < -0.4 is 9.21 Å². The third-order valence-corrected chi connectivity index (χ3v) is 5.78. The number of carbonyl (C=O) groups excluding carboxylic acids is 1. The van der Waals surface area contributed by atoms with Crippen LogP contribution >= 0.6 is 0 Å². The molecule has 1 aliphatic rings. The molecule has 0 bridgehead atoms. The zero-order chi connectivity index (χ0) is 23.6. The second kappa shape index (κ2) is 9.23. The van der Waals surface area contributed by atoms with E-state index in [2.05, 4.69) is 19.9 Å². The smallest absolute Gasteiger partial charge is 0.417 e. The van der Waals surface area contributed by atoms with Crippen LogP contribution in [0.1, 0.15) is 18.4 Å². The molecule has 4 heterocycles. The number of alkyl halides is 3. The van der Waals surface area contributed by atoms with Gasteiger partial charge in [-0.1, -0.05) is 0 Å². The van der Waals surface area contributed by atoms with E-state index in [9.17, 15) is 26.7 Å². The number of aromatic nitrogens is 5. The molecule has 0 saturated carbocycles. The van der Waals surface area contributed by atoms with E-state index < -0.39 is 40.6 Å². The number of imidazole rings is 1. The number of rotatable bonds is 5. The summed E-state index contributed by atoms with van der Waals surface area (Å²) in [4.78, 5) is 30.9. The topological polar surface area (TPSA) is 120 Å². The maximum atomic E-state index is 13.0. The molecule has 4 rings (SSSR count). The molecule has 1 aliphatic heterocycles. The van der Waals surface area contributed by atoms with Crippen LogP contribution in [0.3, 0.4) is 0 Å². The Labute approximate surface area is 188 Å². The number of halogens is 3. The van der Waals surface area contributed by atoms with Crippen molar-refractivity contribution in [2.75, 3.05) is 22.3 Å². The maximum Gasteiger partial charge on any atom is 0.417 e. The number of hydrogen-bond acceptors (Lipinski definition) is 8. The third kappa shape index (κ3) is 5.01. The molecule has 3 aromatic heterocycles. The first-order chi connectivity index (χ1) is 15.7. The molecular formula is C19H17F3N7O3S-. The summed E-state index contributed by atoms with van der Waals surface area (Å²) < 4.78 is 64.0. The monoisotopic (exact) mass is 480 g/mol. The van der Waals surface area contributed by atoms with Crippen LogP contribution in [0.5, 0.6) is 0 Å². The van der Waals surface area contributed by atoms with Crippen LogP contribution in [0.15, 0.2) is 49.4 Å². The summed E-state index contributed by atoms with van der Waals surface area (Å²) in [7, 11) is 0. The highest BCUT2D eigenvalue weighted by Gasteiger charge is 2.34. The highest BCUT2D eigenvalue weighted by molar-refractivity contribution is 7.81. The van der Waals surface area contributed by atoms with E-state index in [0.29, 0.717) is 47.6 Å². The molecule has 0 N–H and O–H groups in total. The van der Waals surface area contributed by atoms with E-state index in [1.54, 1.807) is 29.5 Å². The Balaban J connectivity index is 1.51. The van der Waals surface area contributed by atoms with Gasteiger partial charge < -0.3 is 9.45 Å². The first kappa shape index (κ1) is 22.8. The molecule has 0 spiro atoms. The minimum absolute atomic E-state index is 0.185. The number of amides is 1. The average Bonchev–Trinajstić information content (AvgIpc) is 3.30. The molecule has 0 radical (unpaired) electrons. The van der Waals surface area contributed by atoms with Crippen LogP contribution in [-0.4, -0.2) is 52.3 Å². The molecule has 14 heteroatoms. The number of pyridine rings is 1. The van der Waals surface area contributed by atoms with Crippen molar-refractivity contribution < 1.29 is 26.7 Å². The molecule has 10 nitrogen and oxygen atoms in total. The fraction of sp³-hybridized carbons (Fsp3) is 0.316. The molecule has 33 heavy (non-hydrogen) atoms. The minimum Gasteiger partial charge on any atom is -0.755 e. The fourth-order valence-corrected chi connectivity index (χ4v) is 4.07. The molecular weight excluding hydrogens is 463 g/mol. The highest BCUT2D eigenvalue weighted by Crippen LogP contribution is 2.30. The van der Waals surface area contributed by atoms with Gasteiger partial charge in [0, 0.05) is 31.7 Å². The first-order valence-corrected chi connectivity index (χ1v) is 10.8. The Morgan fingerprint density at radius 2 is 1.97 bits per heavy atom. The van der Waals surface area contributed by atoms with Crippen molar-refractivity contribution in [3.05, 3.63) is 55.0 Å². The van der Waals surface area contributed by atoms with Gasteiger partial charge in [0.05, 0.1) is 35.1 Å². The largest absolute Gasteiger partial charge is 0.755 e. The van der Waals surface area contributed by atoms with Gasteiger partial charge in [-0.2, -0.15) is 13.2 Å². The number of anilines is 2. The molecule has 2 atom stereocenters. The van der Waals surface area contributed by atoms with Gasteiger partial charge in [-0.15, -0.1) is 0 Å². The normalized spacial score (nSPS) is 17.6. The zero-order valence-electron chi connectivity index (χ0n) is 16.9. The minimum atomic E-state index is -4.63. The van der Waals surface area contributed by atoms with E-state index >= 15 is 0 Å². The zero-order valence-corrected chi connectivity index (χ0v) is 17.7. The van der Waals surface area contributed by atoms with E-state index in [4.69, 9.17) is 0 Å². The van der Waals surface area contributed by atoms with Crippen molar-refractivity contribution in [2.24, 2.45) is 5.92 Å². The average molecular weight is 480 g/mol. The Hall–Kier alpha value is -3.39. The summed E-state index contributed by atoms with van der Waals surface area (Å²) in [6, 6.07) is 1.54. The van der Waals surface area contributed by atoms with Gasteiger partial charge in [0.1, 0.15) is 18.0 Å². The molecule has 174 valence electrons. The summed E-state index contributed by atoms with van der Waals surface area (Å²) in [5.41, 5.74) is -1.04. The van der Waals surface area contributed by atoms with Crippen molar-refractivity contribution in [1.29, 1.82) is 0 Å². The van der Waals surface area contributed by atoms with Gasteiger partial charge >= 0.3 is 6.18 Å². The molecule has 1 saturated heterocycles. The van der Waals surface area contributed by atoms with E-state index in [1.807, 2.05) is 4.90 Å². The predicted molar refractivity (Wildman–Crippen MR) is 110 cm³/mol. The lowest BCUT2D eigenvalue weighted by atomic mass is 9.97. The highest BCUT2D eigenvalue weighted by atomic mass is 32.2. The van der Waals surface area contributed by atoms with Crippen molar-refractivity contribution in [2.45, 2.75) is 19.0 Å². The Bertz CT molecular complexity index is 1140. The van der Waals surface area contributed by atoms with Gasteiger partial charge in [-0.25, -0.2) is 19.3 Å². The van der Waals surface area contributed by atoms with Gasteiger partial charge in [0.25, 0.3) is 0 Å². The van der Waals surface area contributed by atoms with Crippen LogP contribution in [0, 0.1) is 5.92 Å². The second-order valence-corrected chi connectivity index (χ2v) is 8.04. The molecule has 1 unspecified atom stereocenters. The summed E-state index contributed by atoms with van der Waals surface area (Å²) in [5, 5.41) is 0. The number of piperidine rings is 1. The van der Waals surface area contributed by atoms with Crippen molar-refractivity contribution in [1.82, 2.24) is 24.5 Å². The summed E-state index contributed by atoms with van der Waals surface area (Å²) >= 11 is -3.05. The van der Waals surface area contributed by atoms with Gasteiger partial charge in [-0.05, 0) is 25.0 Å². The maximum absolute atomic E-state index is 13.0. The van der Waals surface area contributed by atoms with E-state index in [-0.39, 0.29) is 6.54 Å². The summed E-state index contributed by atoms with van der Waals surface area (Å²) in [6.07, 6.45) is 4.78. The Kier molecular flexibility index (Phi) is 6.37. The molecule has 1 amide bonds. The summed E-state index contributed by atoms with van der Waals surface area (Å²) in [6.45, 7) is 0.783. The first-order valence-electron chi connectivity index (χ1n) is 9.76. The predicted octanol–water partition coefficient (Wildman–Crippen LogP) is 2.12. The van der Waals surface area contributed by atoms with E-state index in [1.165, 1.54) is 6.20 Å². The lowest BCUT2D eigenvalue weighted by Crippen LogP contribution is -2.46. The molecule has 1 fully saturated rings. The lowest BCUT2D eigenvalue weighted by molar-refractivity contribution is -0.137.